The highest BCUT2D eigenvalue weighted by atomic mass is 16.6. The molecule has 1 N–H and O–H groups in total. The molecule has 4 heterocycles. The number of methoxy groups -OCH3 is 2. The molecule has 0 aliphatic carbocycles. The van der Waals surface area contributed by atoms with Gasteiger partial charge in [-0.1, -0.05) is 11.1 Å². The van der Waals surface area contributed by atoms with Crippen molar-refractivity contribution in [3.8, 4) is 23.0 Å². The number of unbranched alkanes of at least 4 members (excludes halogenated alkanes) is 2. The van der Waals surface area contributed by atoms with Crippen LogP contribution in [-0.4, -0.2) is 91.4 Å². The molecular weight excluding hydrogens is 632 g/mol. The molecule has 0 saturated carbocycles. The third-order valence-corrected chi connectivity index (χ3v) is 9.01. The zero-order valence-electron chi connectivity index (χ0n) is 28.4. The number of nitrogens with zero attached hydrogens (tertiary/aromatic N) is 4. The maximum absolute atomic E-state index is 13.6. The van der Waals surface area contributed by atoms with Crippen LogP contribution < -0.4 is 23.8 Å². The van der Waals surface area contributed by atoms with E-state index < -0.39 is 18.4 Å². The van der Waals surface area contributed by atoms with Gasteiger partial charge in [-0.25, -0.2) is 9.69 Å². The van der Waals surface area contributed by atoms with Crippen molar-refractivity contribution < 1.29 is 43.2 Å². The number of ether oxygens (including phenoxy) is 5. The molecule has 0 fully saturated rings. The summed E-state index contributed by atoms with van der Waals surface area (Å²) in [5, 5.41) is 11.3. The van der Waals surface area contributed by atoms with Crippen LogP contribution in [0.4, 0.5) is 16.2 Å². The average molecular weight is 675 g/mol. The predicted octanol–water partition coefficient (Wildman–Crippen LogP) is 5.58. The monoisotopic (exact) mass is 674 g/mol. The van der Waals surface area contributed by atoms with E-state index in [1.54, 1.807) is 43.3 Å². The summed E-state index contributed by atoms with van der Waals surface area (Å²) in [6.07, 6.45) is 6.65. The van der Waals surface area contributed by atoms with Crippen molar-refractivity contribution >= 4 is 35.5 Å². The highest BCUT2D eigenvalue weighted by molar-refractivity contribution is 6.06. The molecule has 0 spiro atoms. The van der Waals surface area contributed by atoms with E-state index in [-0.39, 0.29) is 35.7 Å². The number of carbonyl (C=O) groups excluding carboxylic acids is 3. The van der Waals surface area contributed by atoms with Crippen LogP contribution in [0.2, 0.25) is 0 Å². The number of amides is 3. The van der Waals surface area contributed by atoms with Gasteiger partial charge in [-0.15, -0.1) is 0 Å². The summed E-state index contributed by atoms with van der Waals surface area (Å²) >= 11 is 0. The molecule has 0 unspecified atom stereocenters. The minimum Gasteiger partial charge on any atom is -0.493 e. The molecular formula is C36H42N4O9. The number of fused-ring (bicyclic) bond motifs is 4. The fraction of sp³-hybridized carbons (Fsp3) is 0.444. The Labute approximate surface area is 285 Å². The second-order valence-corrected chi connectivity index (χ2v) is 12.5. The molecule has 49 heavy (non-hydrogen) atoms. The summed E-state index contributed by atoms with van der Waals surface area (Å²) in [6, 6.07) is 5.78. The van der Waals surface area contributed by atoms with E-state index in [0.717, 1.165) is 28.9 Å². The van der Waals surface area contributed by atoms with Crippen LogP contribution >= 0.6 is 0 Å². The van der Waals surface area contributed by atoms with Gasteiger partial charge in [-0.05, 0) is 65.0 Å². The Morgan fingerprint density at radius 2 is 1.45 bits per heavy atom. The quantitative estimate of drug-likeness (QED) is 0.303. The smallest absolute Gasteiger partial charge is 0.416 e. The van der Waals surface area contributed by atoms with Gasteiger partial charge < -0.3 is 38.6 Å². The maximum atomic E-state index is 13.6. The van der Waals surface area contributed by atoms with Gasteiger partial charge in [0.2, 0.25) is 0 Å². The first-order valence-electron chi connectivity index (χ1n) is 16.5. The fourth-order valence-corrected chi connectivity index (χ4v) is 6.62. The Balaban J connectivity index is 1.09. The SMILES string of the molecule is CCOC(=O)N1c2cc(OCCCCCOc3cc4c(cc3OC)C(=O)N3C=C(C)C[C@H]3C=N4)c(OC)cc2C(=O)N2C=C(C)C[C@H]2[C@@H]1O. The first-order chi connectivity index (χ1) is 23.6. The third kappa shape index (κ3) is 6.54. The number of aliphatic hydroxyl groups excluding tert-OH is 1. The average Bonchev–Trinajstić information content (AvgIpc) is 3.62. The number of hydrogen-bond acceptors (Lipinski definition) is 10. The van der Waals surface area contributed by atoms with E-state index >= 15 is 0 Å². The normalized spacial score (nSPS) is 20.8. The molecule has 4 aliphatic heterocycles. The molecule has 260 valence electrons. The maximum Gasteiger partial charge on any atom is 0.416 e. The van der Waals surface area contributed by atoms with E-state index in [4.69, 9.17) is 23.7 Å². The van der Waals surface area contributed by atoms with Crippen LogP contribution in [0.3, 0.4) is 0 Å². The molecule has 0 aromatic heterocycles. The van der Waals surface area contributed by atoms with Gasteiger partial charge >= 0.3 is 6.09 Å². The zero-order valence-corrected chi connectivity index (χ0v) is 28.4. The number of hydrogen-bond donors (Lipinski definition) is 1. The second kappa shape index (κ2) is 14.2. The minimum atomic E-state index is -1.33. The van der Waals surface area contributed by atoms with Crippen LogP contribution in [0.25, 0.3) is 0 Å². The van der Waals surface area contributed by atoms with Crippen molar-refractivity contribution in [1.29, 1.82) is 0 Å². The number of aliphatic hydroxyl groups is 1. The topological polar surface area (TPSA) is 140 Å². The van der Waals surface area contributed by atoms with Crippen LogP contribution in [0.15, 0.2) is 52.8 Å². The van der Waals surface area contributed by atoms with Crippen LogP contribution in [-0.2, 0) is 4.74 Å². The molecule has 13 nitrogen and oxygen atoms in total. The van der Waals surface area contributed by atoms with Gasteiger partial charge in [0.25, 0.3) is 11.8 Å². The predicted molar refractivity (Wildman–Crippen MR) is 181 cm³/mol. The molecule has 3 amide bonds. The summed E-state index contributed by atoms with van der Waals surface area (Å²) in [4.78, 5) is 48.8. The summed E-state index contributed by atoms with van der Waals surface area (Å²) in [7, 11) is 3.02. The van der Waals surface area contributed by atoms with Gasteiger partial charge in [-0.3, -0.25) is 14.6 Å². The summed E-state index contributed by atoms with van der Waals surface area (Å²) in [6.45, 7) is 6.39. The molecule has 2 aromatic carbocycles. The summed E-state index contributed by atoms with van der Waals surface area (Å²) < 4.78 is 28.5. The number of benzene rings is 2. The summed E-state index contributed by atoms with van der Waals surface area (Å²) in [5.74, 6) is 1.16. The Morgan fingerprint density at radius 1 is 0.837 bits per heavy atom. The highest BCUT2D eigenvalue weighted by Gasteiger charge is 2.45. The van der Waals surface area contributed by atoms with E-state index in [9.17, 15) is 19.5 Å². The van der Waals surface area contributed by atoms with Gasteiger partial charge in [0.15, 0.2) is 29.2 Å². The van der Waals surface area contributed by atoms with Crippen LogP contribution in [0.1, 0.15) is 73.6 Å². The molecule has 3 atom stereocenters. The minimum absolute atomic E-state index is 0.0895. The van der Waals surface area contributed by atoms with Gasteiger partial charge in [0.05, 0.1) is 68.6 Å². The van der Waals surface area contributed by atoms with E-state index in [2.05, 4.69) is 4.99 Å². The van der Waals surface area contributed by atoms with Gasteiger partial charge in [0, 0.05) is 30.7 Å². The Hall–Kier alpha value is -5.04. The van der Waals surface area contributed by atoms with Gasteiger partial charge in [-0.2, -0.15) is 0 Å². The van der Waals surface area contributed by atoms with E-state index in [1.807, 2.05) is 26.3 Å². The van der Waals surface area contributed by atoms with Gasteiger partial charge in [0.1, 0.15) is 0 Å². The molecule has 6 rings (SSSR count). The van der Waals surface area contributed by atoms with Crippen LogP contribution in [0.5, 0.6) is 23.0 Å². The van der Waals surface area contributed by atoms with Crippen molar-refractivity contribution in [3.63, 3.8) is 0 Å². The Kier molecular flexibility index (Phi) is 9.81. The second-order valence-electron chi connectivity index (χ2n) is 12.5. The highest BCUT2D eigenvalue weighted by Crippen LogP contribution is 2.42. The standard InChI is InChI=1S/C36H42N4O9/c1-6-47-36(44)40-27-17-32(30(46-5)15-25(27)34(42)39-20-22(3)13-28(39)35(40)43)49-11-9-7-8-10-48-31-16-26-24(14-29(31)45-4)33(41)38-19-21(2)12-23(38)18-37-26/h14-20,23,28,35,43H,6-13H2,1-5H3/t23-,28-,35-/m0/s1. The van der Waals surface area contributed by atoms with Crippen molar-refractivity contribution in [2.45, 2.75) is 71.2 Å². The molecule has 4 aliphatic rings. The molecule has 0 saturated heterocycles. The first kappa shape index (κ1) is 33.8. The zero-order chi connectivity index (χ0) is 34.8. The number of anilines is 1. The van der Waals surface area contributed by atoms with Crippen molar-refractivity contribution in [2.24, 2.45) is 4.99 Å². The lowest BCUT2D eigenvalue weighted by Crippen LogP contribution is -2.50. The largest absolute Gasteiger partial charge is 0.493 e. The molecule has 0 radical (unpaired) electrons. The molecule has 13 heteroatoms. The lowest BCUT2D eigenvalue weighted by molar-refractivity contribution is 0.0553. The van der Waals surface area contributed by atoms with Crippen molar-refractivity contribution in [3.05, 3.63) is 58.9 Å². The molecule has 2 aromatic rings. The molecule has 0 bridgehead atoms. The number of rotatable bonds is 11. The van der Waals surface area contributed by atoms with E-state index in [1.165, 1.54) is 18.1 Å². The Bertz CT molecular complexity index is 1740. The summed E-state index contributed by atoms with van der Waals surface area (Å²) in [5.41, 5.74) is 3.44. The first-order valence-corrected chi connectivity index (χ1v) is 16.5. The van der Waals surface area contributed by atoms with Crippen molar-refractivity contribution in [1.82, 2.24) is 9.80 Å². The number of carbonyl (C=O) groups is 3. The fourth-order valence-electron chi connectivity index (χ4n) is 6.62. The van der Waals surface area contributed by atoms with E-state index in [0.29, 0.717) is 66.7 Å². The lowest BCUT2D eigenvalue weighted by Gasteiger charge is -2.31. The Morgan fingerprint density at radius 3 is 2.12 bits per heavy atom. The number of aliphatic imine (C=N–C) groups is 1. The van der Waals surface area contributed by atoms with Crippen molar-refractivity contribution in [2.75, 3.05) is 38.9 Å². The third-order valence-electron chi connectivity index (χ3n) is 9.01. The lowest BCUT2D eigenvalue weighted by atomic mass is 10.1. The van der Waals surface area contributed by atoms with Crippen LogP contribution in [0, 0.1) is 0 Å².